The molecule has 1 N–H and O–H groups in total. The Morgan fingerprint density at radius 2 is 1.81 bits per heavy atom. The molecule has 3 saturated heterocycles. The molecule has 0 amide bonds. The van der Waals surface area contributed by atoms with Gasteiger partial charge in [0.05, 0.1) is 5.69 Å². The Balaban J connectivity index is 0.944. The van der Waals surface area contributed by atoms with Gasteiger partial charge in [0.15, 0.2) is 5.82 Å². The Hall–Kier alpha value is -3.24. The first kappa shape index (κ1) is 26.2. The van der Waals surface area contributed by atoms with Crippen molar-refractivity contribution < 1.29 is 9.13 Å². The maximum atomic E-state index is 14.5. The van der Waals surface area contributed by atoms with Crippen LogP contribution < -0.4 is 15.0 Å². The maximum absolute atomic E-state index is 14.5. The molecule has 3 aliphatic heterocycles. The minimum atomic E-state index is -0.330. The molecule has 10 rings (SSSR count). The molecule has 1 unspecified atom stereocenters. The molecule has 7 fully saturated rings. The number of piperidine rings is 1. The topological polar surface area (TPSA) is 92.2 Å². The van der Waals surface area contributed by atoms with E-state index < -0.39 is 0 Å². The molecule has 1 spiro atoms. The van der Waals surface area contributed by atoms with Crippen molar-refractivity contribution in [3.8, 4) is 22.8 Å². The number of aromatic nitrogens is 5. The molecule has 1 atom stereocenters. The number of nitrogens with one attached hydrogen (secondary N) is 1. The number of ether oxygens (including phenoxy) is 1. The highest BCUT2D eigenvalue weighted by Gasteiger charge is 2.65. The molecule has 9 nitrogen and oxygen atoms in total. The number of nitrogens with zero attached hydrogens (tertiary/aromatic N) is 7. The van der Waals surface area contributed by atoms with Crippen molar-refractivity contribution in [3.05, 3.63) is 48.6 Å². The summed E-state index contributed by atoms with van der Waals surface area (Å²) in [5.41, 5.74) is 3.28. The molecule has 4 aliphatic carbocycles. The maximum Gasteiger partial charge on any atom is 0.282 e. The lowest BCUT2D eigenvalue weighted by atomic mass is 9.39. The first-order valence-electron chi connectivity index (χ1n) is 16.2. The van der Waals surface area contributed by atoms with Gasteiger partial charge in [0.1, 0.15) is 24.2 Å². The van der Waals surface area contributed by atoms with E-state index in [0.717, 1.165) is 61.5 Å². The van der Waals surface area contributed by atoms with Gasteiger partial charge in [-0.3, -0.25) is 4.90 Å². The van der Waals surface area contributed by atoms with Gasteiger partial charge in [-0.25, -0.2) is 19.3 Å². The average Bonchev–Trinajstić information content (AvgIpc) is 3.73. The quantitative estimate of drug-likeness (QED) is 0.401. The molecule has 2 aromatic heterocycles. The van der Waals surface area contributed by atoms with Gasteiger partial charge in [-0.15, -0.1) is 10.2 Å². The molecule has 5 heterocycles. The van der Waals surface area contributed by atoms with E-state index in [9.17, 15) is 4.39 Å². The highest BCUT2D eigenvalue weighted by molar-refractivity contribution is 5.73. The molecule has 3 aromatic rings. The summed E-state index contributed by atoms with van der Waals surface area (Å²) in [6.45, 7) is 6.57. The van der Waals surface area contributed by atoms with Crippen LogP contribution in [0.2, 0.25) is 0 Å². The Labute approximate surface area is 251 Å². The minimum Gasteiger partial charge on any atom is -0.434 e. The number of halogens is 1. The standard InChI is InChI=1S/C33H39FN8O/c34-24-3-4-27(25(11-24)26-15-36-19-37-28(26)22-1-2-22)43-31-30(38-20-39-40-31)41-10-7-32(16-41)17-42(18-32)29(23-5-8-35-9-6-23)33-12-21(13-33)14-33/h3-4,11,15,19-23,29,35H,1-2,5-10,12-14,16-18H2. The summed E-state index contributed by atoms with van der Waals surface area (Å²) in [5.74, 6) is 3.48. The molecule has 224 valence electrons. The molecule has 1 aromatic carbocycles. The Kier molecular flexibility index (Phi) is 6.02. The first-order chi connectivity index (χ1) is 21.1. The van der Waals surface area contributed by atoms with Crippen LogP contribution in [0.5, 0.6) is 11.6 Å². The second-order valence-corrected chi connectivity index (χ2v) is 14.4. The summed E-state index contributed by atoms with van der Waals surface area (Å²) in [5, 5.41) is 12.0. The zero-order valence-electron chi connectivity index (χ0n) is 24.6. The van der Waals surface area contributed by atoms with Gasteiger partial charge >= 0.3 is 0 Å². The van der Waals surface area contributed by atoms with Crippen LogP contribution in [0.15, 0.2) is 37.1 Å². The van der Waals surface area contributed by atoms with E-state index >= 15 is 0 Å². The monoisotopic (exact) mass is 582 g/mol. The van der Waals surface area contributed by atoms with Gasteiger partial charge in [0.25, 0.3) is 5.88 Å². The van der Waals surface area contributed by atoms with Crippen molar-refractivity contribution in [1.82, 2.24) is 35.4 Å². The molecule has 43 heavy (non-hydrogen) atoms. The molecule has 10 heteroatoms. The fourth-order valence-electron chi connectivity index (χ4n) is 9.32. The van der Waals surface area contributed by atoms with E-state index in [1.54, 1.807) is 18.6 Å². The molecular weight excluding hydrogens is 543 g/mol. The minimum absolute atomic E-state index is 0.290. The van der Waals surface area contributed by atoms with E-state index in [1.165, 1.54) is 76.7 Å². The van der Waals surface area contributed by atoms with Crippen LogP contribution in [-0.4, -0.2) is 75.4 Å². The lowest BCUT2D eigenvalue weighted by Crippen LogP contribution is -2.72. The van der Waals surface area contributed by atoms with Crippen LogP contribution in [-0.2, 0) is 0 Å². The van der Waals surface area contributed by atoms with Crippen molar-refractivity contribution in [2.45, 2.75) is 63.3 Å². The van der Waals surface area contributed by atoms with Gasteiger partial charge in [0.2, 0.25) is 0 Å². The highest BCUT2D eigenvalue weighted by atomic mass is 19.1. The van der Waals surface area contributed by atoms with Gasteiger partial charge in [0, 0.05) is 60.9 Å². The first-order valence-corrected chi connectivity index (χ1v) is 16.2. The average molecular weight is 583 g/mol. The Morgan fingerprint density at radius 1 is 0.977 bits per heavy atom. The zero-order chi connectivity index (χ0) is 28.6. The second kappa shape index (κ2) is 9.89. The van der Waals surface area contributed by atoms with Gasteiger partial charge in [-0.05, 0) is 99.9 Å². The summed E-state index contributed by atoms with van der Waals surface area (Å²) < 4.78 is 21.0. The van der Waals surface area contributed by atoms with E-state index in [2.05, 4.69) is 40.3 Å². The normalized spacial score (nSPS) is 28.7. The summed E-state index contributed by atoms with van der Waals surface area (Å²) in [4.78, 5) is 18.6. The number of likely N-dealkylation sites (tertiary alicyclic amines) is 1. The van der Waals surface area contributed by atoms with Crippen LogP contribution in [0.25, 0.3) is 11.1 Å². The van der Waals surface area contributed by atoms with Gasteiger partial charge in [-0.1, -0.05) is 0 Å². The number of benzene rings is 1. The predicted octanol–water partition coefficient (Wildman–Crippen LogP) is 4.82. The van der Waals surface area contributed by atoms with Crippen LogP contribution in [0.3, 0.4) is 0 Å². The third-order valence-electron chi connectivity index (χ3n) is 11.5. The SMILES string of the molecule is Fc1ccc(Oc2nncnc2N2CCC3(C2)CN(C(C2CCNCC2)C24CC(C2)C4)C3)c(-c2cncnc2C2CC2)c1. The number of anilines is 1. The van der Waals surface area contributed by atoms with Gasteiger partial charge in [-0.2, -0.15) is 0 Å². The van der Waals surface area contributed by atoms with E-state index in [4.69, 9.17) is 4.74 Å². The second-order valence-electron chi connectivity index (χ2n) is 14.4. The predicted molar refractivity (Wildman–Crippen MR) is 159 cm³/mol. The molecule has 4 saturated carbocycles. The third-order valence-corrected chi connectivity index (χ3v) is 11.5. The third kappa shape index (κ3) is 4.43. The number of hydrogen-bond acceptors (Lipinski definition) is 9. The smallest absolute Gasteiger partial charge is 0.282 e. The number of rotatable bonds is 8. The summed E-state index contributed by atoms with van der Waals surface area (Å²) in [7, 11) is 0. The molecule has 2 bridgehead atoms. The summed E-state index contributed by atoms with van der Waals surface area (Å²) in [6.07, 6.45) is 15.2. The lowest BCUT2D eigenvalue weighted by Gasteiger charge is -2.71. The Morgan fingerprint density at radius 3 is 2.58 bits per heavy atom. The van der Waals surface area contributed by atoms with Crippen molar-refractivity contribution in [2.75, 3.05) is 44.2 Å². The fraction of sp³-hybridized carbons (Fsp3) is 0.606. The van der Waals surface area contributed by atoms with Crippen molar-refractivity contribution in [3.63, 3.8) is 0 Å². The van der Waals surface area contributed by atoms with Crippen LogP contribution >= 0.6 is 0 Å². The van der Waals surface area contributed by atoms with E-state index in [1.807, 2.05) is 0 Å². The number of hydrogen-bond donors (Lipinski definition) is 1. The van der Waals surface area contributed by atoms with Crippen molar-refractivity contribution in [1.29, 1.82) is 0 Å². The van der Waals surface area contributed by atoms with E-state index in [0.29, 0.717) is 39.8 Å². The lowest BCUT2D eigenvalue weighted by molar-refractivity contribution is -0.207. The fourth-order valence-corrected chi connectivity index (χ4v) is 9.32. The zero-order valence-corrected chi connectivity index (χ0v) is 24.6. The van der Waals surface area contributed by atoms with Crippen molar-refractivity contribution in [2.24, 2.45) is 22.7 Å². The van der Waals surface area contributed by atoms with Crippen LogP contribution in [0, 0.1) is 28.5 Å². The molecule has 7 aliphatic rings. The van der Waals surface area contributed by atoms with Crippen LogP contribution in [0.4, 0.5) is 10.2 Å². The van der Waals surface area contributed by atoms with E-state index in [-0.39, 0.29) is 5.82 Å². The van der Waals surface area contributed by atoms with Gasteiger partial charge < -0.3 is 15.0 Å². The molecule has 0 radical (unpaired) electrons. The largest absolute Gasteiger partial charge is 0.434 e. The van der Waals surface area contributed by atoms with Crippen molar-refractivity contribution >= 4 is 5.82 Å². The summed E-state index contributed by atoms with van der Waals surface area (Å²) in [6, 6.07) is 5.34. The summed E-state index contributed by atoms with van der Waals surface area (Å²) >= 11 is 0. The van der Waals surface area contributed by atoms with Crippen LogP contribution in [0.1, 0.15) is 63.0 Å². The highest BCUT2D eigenvalue weighted by Crippen LogP contribution is 2.69. The Bertz CT molecular complexity index is 1520. The molecular formula is C33H39FN8O.